The van der Waals surface area contributed by atoms with Crippen LogP contribution in [0.1, 0.15) is 56.7 Å². The number of piperidine rings is 1. The van der Waals surface area contributed by atoms with Crippen molar-refractivity contribution in [2.24, 2.45) is 0 Å². The van der Waals surface area contributed by atoms with Crippen LogP contribution in [-0.2, 0) is 5.60 Å². The first-order chi connectivity index (χ1) is 17.7. The second kappa shape index (κ2) is 9.34. The lowest BCUT2D eigenvalue weighted by Crippen LogP contribution is -2.36. The first-order valence-electron chi connectivity index (χ1n) is 12.8. The van der Waals surface area contributed by atoms with E-state index < -0.39 is 11.4 Å². The number of rotatable bonds is 7. The minimum Gasteiger partial charge on any atom is -0.386 e. The van der Waals surface area contributed by atoms with Gasteiger partial charge >= 0.3 is 0 Å². The number of hydrogen-bond donors (Lipinski definition) is 3. The van der Waals surface area contributed by atoms with Gasteiger partial charge in [0.15, 0.2) is 0 Å². The number of aliphatic hydroxyl groups is 1. The zero-order valence-corrected chi connectivity index (χ0v) is 22.1. The van der Waals surface area contributed by atoms with E-state index in [9.17, 15) is 9.50 Å². The summed E-state index contributed by atoms with van der Waals surface area (Å²) in [5.74, 6) is 0.598. The molecule has 0 amide bonds. The van der Waals surface area contributed by atoms with Gasteiger partial charge in [-0.2, -0.15) is 10.1 Å². The quantitative estimate of drug-likeness (QED) is 0.281. The molecule has 1 saturated carbocycles. The first kappa shape index (κ1) is 24.3. The Bertz CT molecular complexity index is 1430. The van der Waals surface area contributed by atoms with E-state index in [1.807, 2.05) is 24.7 Å². The molecule has 4 aromatic rings. The number of hydrogen-bond acceptors (Lipinski definition) is 8. The van der Waals surface area contributed by atoms with E-state index in [0.717, 1.165) is 53.4 Å². The second-order valence-electron chi connectivity index (χ2n) is 10.7. The maximum absolute atomic E-state index is 14.4. The van der Waals surface area contributed by atoms with Gasteiger partial charge in [-0.25, -0.2) is 9.37 Å². The van der Waals surface area contributed by atoms with Gasteiger partial charge in [0, 0.05) is 31.0 Å². The molecule has 1 aromatic carbocycles. The molecule has 4 heterocycles. The molecule has 8 nitrogen and oxygen atoms in total. The van der Waals surface area contributed by atoms with Crippen molar-refractivity contribution in [2.45, 2.75) is 64.1 Å². The Kier molecular flexibility index (Phi) is 6.13. The smallest absolute Gasteiger partial charge is 0.230 e. The number of likely N-dealkylation sites (tertiary alicyclic amines) is 1. The van der Waals surface area contributed by atoms with Gasteiger partial charge < -0.3 is 20.6 Å². The van der Waals surface area contributed by atoms with Crippen molar-refractivity contribution < 1.29 is 9.50 Å². The van der Waals surface area contributed by atoms with E-state index >= 15 is 0 Å². The van der Waals surface area contributed by atoms with Crippen molar-refractivity contribution in [1.82, 2.24) is 24.6 Å². The molecule has 2 fully saturated rings. The first-order valence-corrected chi connectivity index (χ1v) is 13.7. The Balaban J connectivity index is 1.24. The van der Waals surface area contributed by atoms with Crippen molar-refractivity contribution in [3.63, 3.8) is 0 Å². The van der Waals surface area contributed by atoms with Crippen LogP contribution in [0.15, 0.2) is 36.0 Å². The van der Waals surface area contributed by atoms with E-state index in [4.69, 9.17) is 9.97 Å². The Morgan fingerprint density at radius 3 is 2.54 bits per heavy atom. The molecule has 0 bridgehead atoms. The SMILES string of the molecule is Cc1csc2nc(Nc3cnn(C4CCN(C5CC5)CC4)c3)nc(Nc3cc(F)cc(C(C)(C)O)c3)c12. The summed E-state index contributed by atoms with van der Waals surface area (Å²) in [6.07, 6.45) is 8.78. The van der Waals surface area contributed by atoms with Gasteiger partial charge in [0.2, 0.25) is 5.95 Å². The van der Waals surface area contributed by atoms with E-state index in [2.05, 4.69) is 25.3 Å². The van der Waals surface area contributed by atoms with Crippen LogP contribution < -0.4 is 10.6 Å². The summed E-state index contributed by atoms with van der Waals surface area (Å²) in [5.41, 5.74) is 1.70. The lowest BCUT2D eigenvalue weighted by molar-refractivity contribution is 0.0783. The van der Waals surface area contributed by atoms with E-state index in [-0.39, 0.29) is 0 Å². The molecule has 0 radical (unpaired) electrons. The molecular formula is C27H32FN7OS. The lowest BCUT2D eigenvalue weighted by Gasteiger charge is -2.31. The second-order valence-corrected chi connectivity index (χ2v) is 11.6. The van der Waals surface area contributed by atoms with Gasteiger partial charge in [0.1, 0.15) is 16.5 Å². The zero-order valence-electron chi connectivity index (χ0n) is 21.3. The number of fused-ring (bicyclic) bond motifs is 1. The zero-order chi connectivity index (χ0) is 25.7. The van der Waals surface area contributed by atoms with Crippen LogP contribution in [0.3, 0.4) is 0 Å². The number of halogens is 1. The normalized spacial score (nSPS) is 17.4. The maximum atomic E-state index is 14.4. The van der Waals surface area contributed by atoms with Gasteiger partial charge in [0.05, 0.1) is 28.9 Å². The van der Waals surface area contributed by atoms with Gasteiger partial charge in [0.25, 0.3) is 0 Å². The van der Waals surface area contributed by atoms with Crippen LogP contribution in [0.5, 0.6) is 0 Å². The number of benzene rings is 1. The molecule has 37 heavy (non-hydrogen) atoms. The van der Waals surface area contributed by atoms with Crippen LogP contribution >= 0.6 is 11.3 Å². The molecule has 1 saturated heterocycles. The summed E-state index contributed by atoms with van der Waals surface area (Å²) < 4.78 is 16.4. The van der Waals surface area contributed by atoms with Crippen LogP contribution in [0.2, 0.25) is 0 Å². The monoisotopic (exact) mass is 521 g/mol. The third-order valence-corrected chi connectivity index (χ3v) is 8.27. The predicted octanol–water partition coefficient (Wildman–Crippen LogP) is 5.85. The standard InChI is InChI=1S/C27H32FN7OS/c1-16-15-37-25-23(16)24(30-19-11-17(27(2,3)36)10-18(28)12-19)32-26(33-25)31-20-13-29-35(14-20)22-6-8-34(9-7-22)21-4-5-21/h10-15,21-22,36H,4-9H2,1-3H3,(H2,30,31,32,33). The van der Waals surface area contributed by atoms with Gasteiger partial charge in [-0.05, 0) is 81.2 Å². The topological polar surface area (TPSA) is 91.1 Å². The fourth-order valence-corrected chi connectivity index (χ4v) is 5.99. The number of nitrogens with one attached hydrogen (secondary N) is 2. The van der Waals surface area contributed by atoms with Crippen LogP contribution in [0.25, 0.3) is 10.2 Å². The minimum absolute atomic E-state index is 0.407. The van der Waals surface area contributed by atoms with Crippen molar-refractivity contribution in [2.75, 3.05) is 23.7 Å². The molecule has 0 spiro atoms. The van der Waals surface area contributed by atoms with Crippen molar-refractivity contribution in [3.05, 3.63) is 52.9 Å². The number of anilines is 4. The summed E-state index contributed by atoms with van der Waals surface area (Å²) in [6.45, 7) is 7.55. The average molecular weight is 522 g/mol. The predicted molar refractivity (Wildman–Crippen MR) is 145 cm³/mol. The van der Waals surface area contributed by atoms with Crippen LogP contribution in [-0.4, -0.2) is 48.9 Å². The molecule has 1 aliphatic heterocycles. The highest BCUT2D eigenvalue weighted by molar-refractivity contribution is 7.17. The third-order valence-electron chi connectivity index (χ3n) is 7.28. The number of aromatic nitrogens is 4. The van der Waals surface area contributed by atoms with Gasteiger partial charge in [-0.1, -0.05) is 0 Å². The lowest BCUT2D eigenvalue weighted by atomic mass is 9.98. The fraction of sp³-hybridized carbons (Fsp3) is 0.444. The van der Waals surface area contributed by atoms with Gasteiger partial charge in [-0.15, -0.1) is 11.3 Å². The summed E-state index contributed by atoms with van der Waals surface area (Å²) in [4.78, 5) is 12.9. The average Bonchev–Trinajstić information content (AvgIpc) is 3.49. The largest absolute Gasteiger partial charge is 0.386 e. The van der Waals surface area contributed by atoms with E-state index in [0.29, 0.717) is 29.1 Å². The molecule has 0 atom stereocenters. The molecule has 10 heteroatoms. The molecule has 194 valence electrons. The Morgan fingerprint density at radius 2 is 1.81 bits per heavy atom. The number of thiophene rings is 1. The van der Waals surface area contributed by atoms with Crippen molar-refractivity contribution in [3.8, 4) is 0 Å². The number of nitrogens with zero attached hydrogens (tertiary/aromatic N) is 5. The molecule has 1 aliphatic carbocycles. The van der Waals surface area contributed by atoms with Crippen LogP contribution in [0.4, 0.5) is 27.5 Å². The highest BCUT2D eigenvalue weighted by Crippen LogP contribution is 2.35. The highest BCUT2D eigenvalue weighted by Gasteiger charge is 2.32. The Labute approximate surface area is 219 Å². The molecule has 0 unspecified atom stereocenters. The summed E-state index contributed by atoms with van der Waals surface area (Å²) in [6, 6.07) is 5.71. The Hall–Kier alpha value is -3.08. The summed E-state index contributed by atoms with van der Waals surface area (Å²) in [5, 5.41) is 24.5. The fourth-order valence-electron chi connectivity index (χ4n) is 5.07. The van der Waals surface area contributed by atoms with E-state index in [1.165, 1.54) is 36.3 Å². The minimum atomic E-state index is -1.17. The molecule has 3 aromatic heterocycles. The molecular weight excluding hydrogens is 489 g/mol. The van der Waals surface area contributed by atoms with E-state index in [1.54, 1.807) is 19.9 Å². The summed E-state index contributed by atoms with van der Waals surface area (Å²) >= 11 is 1.54. The molecule has 3 N–H and O–H groups in total. The van der Waals surface area contributed by atoms with Crippen molar-refractivity contribution >= 4 is 44.7 Å². The van der Waals surface area contributed by atoms with Gasteiger partial charge in [-0.3, -0.25) is 4.68 Å². The third kappa shape index (κ3) is 5.18. The van der Waals surface area contributed by atoms with Crippen molar-refractivity contribution in [1.29, 1.82) is 0 Å². The maximum Gasteiger partial charge on any atom is 0.230 e. The molecule has 2 aliphatic rings. The van der Waals surface area contributed by atoms with Crippen LogP contribution in [0, 0.1) is 12.7 Å². The summed E-state index contributed by atoms with van der Waals surface area (Å²) in [7, 11) is 0. The Morgan fingerprint density at radius 1 is 1.03 bits per heavy atom. The highest BCUT2D eigenvalue weighted by atomic mass is 32.1. The molecule has 6 rings (SSSR count). The number of aryl methyl sites for hydroxylation is 1.